The van der Waals surface area contributed by atoms with Crippen molar-refractivity contribution >= 4 is 27.5 Å². The van der Waals surface area contributed by atoms with Crippen molar-refractivity contribution in [2.75, 3.05) is 19.6 Å². The summed E-state index contributed by atoms with van der Waals surface area (Å²) < 4.78 is 0.954. The molecular weight excluding hydrogens is 348 g/mol. The van der Waals surface area contributed by atoms with E-state index in [1.807, 2.05) is 6.07 Å². The maximum Gasteiger partial charge on any atom is 0.0548 e. The molecule has 1 aromatic carbocycles. The van der Waals surface area contributed by atoms with Crippen molar-refractivity contribution in [2.24, 2.45) is 17.6 Å². The average molecular weight is 374 g/mol. The Kier molecular flexibility index (Phi) is 6.54. The second-order valence-corrected chi connectivity index (χ2v) is 7.66. The lowest BCUT2D eigenvalue weighted by atomic mass is 9.89. The first-order valence-corrected chi connectivity index (χ1v) is 9.09. The molecule has 1 fully saturated rings. The molecule has 0 spiro atoms. The quantitative estimate of drug-likeness (QED) is 0.816. The number of nitrogens with zero attached hydrogens (tertiary/aromatic N) is 1. The van der Waals surface area contributed by atoms with Gasteiger partial charge in [0, 0.05) is 17.1 Å². The van der Waals surface area contributed by atoms with Gasteiger partial charge >= 0.3 is 0 Å². The summed E-state index contributed by atoms with van der Waals surface area (Å²) in [6.45, 7) is 7.63. The Balaban J connectivity index is 2.11. The van der Waals surface area contributed by atoms with Crippen LogP contribution in [0.3, 0.4) is 0 Å². The normalized spacial score (nSPS) is 22.3. The van der Waals surface area contributed by atoms with Gasteiger partial charge in [-0.25, -0.2) is 0 Å². The second kappa shape index (κ2) is 7.96. The van der Waals surface area contributed by atoms with E-state index in [2.05, 4.69) is 46.8 Å². The molecule has 0 aromatic heterocycles. The number of halogens is 2. The Bertz CT molecular complexity index is 464. The van der Waals surface area contributed by atoms with Gasteiger partial charge in [-0.15, -0.1) is 0 Å². The van der Waals surface area contributed by atoms with Crippen LogP contribution in [-0.4, -0.2) is 24.5 Å². The van der Waals surface area contributed by atoms with E-state index in [9.17, 15) is 0 Å². The van der Waals surface area contributed by atoms with Crippen LogP contribution in [0, 0.1) is 11.8 Å². The van der Waals surface area contributed by atoms with Gasteiger partial charge in [0.25, 0.3) is 0 Å². The van der Waals surface area contributed by atoms with E-state index in [1.54, 1.807) is 0 Å². The van der Waals surface area contributed by atoms with Gasteiger partial charge in [-0.05, 0) is 77.8 Å². The topological polar surface area (TPSA) is 29.3 Å². The lowest BCUT2D eigenvalue weighted by molar-refractivity contribution is 0.204. The third kappa shape index (κ3) is 4.44. The summed E-state index contributed by atoms with van der Waals surface area (Å²) in [7, 11) is 0. The van der Waals surface area contributed by atoms with E-state index in [0.29, 0.717) is 12.6 Å². The maximum atomic E-state index is 6.10. The molecule has 118 valence electrons. The number of nitrogens with two attached hydrogens (primary N) is 1. The molecule has 2 unspecified atom stereocenters. The van der Waals surface area contributed by atoms with Gasteiger partial charge in [0.05, 0.1) is 5.02 Å². The van der Waals surface area contributed by atoms with Gasteiger partial charge in [-0.1, -0.05) is 31.5 Å². The Morgan fingerprint density at radius 1 is 1.33 bits per heavy atom. The molecule has 1 aromatic rings. The van der Waals surface area contributed by atoms with E-state index in [-0.39, 0.29) is 0 Å². The summed E-state index contributed by atoms with van der Waals surface area (Å²) in [5.41, 5.74) is 7.34. The standard InChI is InChI=1S/C17H26BrClN2/c1-12(2)13-4-3-8-21(9-7-13)17(11-20)14-5-6-16(19)15(18)10-14/h5-6,10,12-13,17H,3-4,7-9,11,20H2,1-2H3. The van der Waals surface area contributed by atoms with Crippen LogP contribution in [0.5, 0.6) is 0 Å². The van der Waals surface area contributed by atoms with Crippen molar-refractivity contribution in [3.8, 4) is 0 Å². The zero-order valence-corrected chi connectivity index (χ0v) is 15.3. The molecule has 1 saturated heterocycles. The molecule has 0 amide bonds. The summed E-state index contributed by atoms with van der Waals surface area (Å²) in [6.07, 6.45) is 3.90. The monoisotopic (exact) mass is 372 g/mol. The zero-order valence-electron chi connectivity index (χ0n) is 13.0. The van der Waals surface area contributed by atoms with Crippen LogP contribution in [0.4, 0.5) is 0 Å². The molecule has 2 atom stereocenters. The third-order valence-electron chi connectivity index (χ3n) is 4.74. The van der Waals surface area contributed by atoms with Gasteiger partial charge in [0.2, 0.25) is 0 Å². The van der Waals surface area contributed by atoms with Crippen LogP contribution in [0.15, 0.2) is 22.7 Å². The van der Waals surface area contributed by atoms with E-state index in [1.165, 1.54) is 24.8 Å². The van der Waals surface area contributed by atoms with Crippen LogP contribution >= 0.6 is 27.5 Å². The Labute approximate surface area is 142 Å². The third-order valence-corrected chi connectivity index (χ3v) is 5.96. The van der Waals surface area contributed by atoms with Gasteiger partial charge in [0.15, 0.2) is 0 Å². The molecule has 0 radical (unpaired) electrons. The minimum atomic E-state index is 0.296. The molecule has 21 heavy (non-hydrogen) atoms. The average Bonchev–Trinajstić information content (AvgIpc) is 2.70. The Hall–Kier alpha value is -0.0900. The highest BCUT2D eigenvalue weighted by atomic mass is 79.9. The molecule has 4 heteroatoms. The van der Waals surface area contributed by atoms with Crippen LogP contribution in [0.25, 0.3) is 0 Å². The Morgan fingerprint density at radius 2 is 2.10 bits per heavy atom. The van der Waals surface area contributed by atoms with Crippen molar-refractivity contribution in [2.45, 2.75) is 39.2 Å². The van der Waals surface area contributed by atoms with E-state index in [4.69, 9.17) is 17.3 Å². The predicted molar refractivity (Wildman–Crippen MR) is 94.7 cm³/mol. The smallest absolute Gasteiger partial charge is 0.0548 e. The van der Waals surface area contributed by atoms with E-state index in [0.717, 1.165) is 34.4 Å². The summed E-state index contributed by atoms with van der Waals surface area (Å²) in [6, 6.07) is 6.47. The molecule has 0 aliphatic carbocycles. The SMILES string of the molecule is CC(C)C1CCCN(C(CN)c2ccc(Cl)c(Br)c2)CC1. The van der Waals surface area contributed by atoms with Crippen molar-refractivity contribution < 1.29 is 0 Å². The van der Waals surface area contributed by atoms with Gasteiger partial charge < -0.3 is 5.73 Å². The fraction of sp³-hybridized carbons (Fsp3) is 0.647. The number of benzene rings is 1. The van der Waals surface area contributed by atoms with E-state index < -0.39 is 0 Å². The summed E-state index contributed by atoms with van der Waals surface area (Å²) in [5.74, 6) is 1.64. The Morgan fingerprint density at radius 3 is 2.71 bits per heavy atom. The second-order valence-electron chi connectivity index (χ2n) is 6.40. The number of hydrogen-bond acceptors (Lipinski definition) is 2. The van der Waals surface area contributed by atoms with Crippen LogP contribution < -0.4 is 5.73 Å². The van der Waals surface area contributed by atoms with Gasteiger partial charge in [-0.2, -0.15) is 0 Å². The summed E-state index contributed by atoms with van der Waals surface area (Å²) in [5, 5.41) is 0.755. The first-order chi connectivity index (χ1) is 10.0. The fourth-order valence-electron chi connectivity index (χ4n) is 3.34. The highest BCUT2D eigenvalue weighted by Crippen LogP contribution is 2.31. The summed E-state index contributed by atoms with van der Waals surface area (Å²) in [4.78, 5) is 2.55. The molecule has 1 aliphatic heterocycles. The number of rotatable bonds is 4. The predicted octanol–water partition coefficient (Wildman–Crippen LogP) is 4.86. The van der Waals surface area contributed by atoms with Crippen molar-refractivity contribution in [3.63, 3.8) is 0 Å². The van der Waals surface area contributed by atoms with Crippen molar-refractivity contribution in [1.29, 1.82) is 0 Å². The van der Waals surface area contributed by atoms with Gasteiger partial charge in [0.1, 0.15) is 0 Å². The molecule has 1 aliphatic rings. The summed E-state index contributed by atoms with van der Waals surface area (Å²) >= 11 is 9.62. The molecule has 2 rings (SSSR count). The molecule has 1 heterocycles. The minimum absolute atomic E-state index is 0.296. The molecule has 2 nitrogen and oxygen atoms in total. The highest BCUT2D eigenvalue weighted by molar-refractivity contribution is 9.10. The highest BCUT2D eigenvalue weighted by Gasteiger charge is 2.25. The molecular formula is C17H26BrClN2. The molecule has 2 N–H and O–H groups in total. The van der Waals surface area contributed by atoms with Crippen molar-refractivity contribution in [1.82, 2.24) is 4.90 Å². The molecule has 0 bridgehead atoms. The lowest BCUT2D eigenvalue weighted by Crippen LogP contribution is -2.34. The first-order valence-electron chi connectivity index (χ1n) is 7.92. The van der Waals surface area contributed by atoms with Crippen molar-refractivity contribution in [3.05, 3.63) is 33.3 Å². The van der Waals surface area contributed by atoms with Gasteiger partial charge in [-0.3, -0.25) is 4.90 Å². The van der Waals surface area contributed by atoms with E-state index >= 15 is 0 Å². The van der Waals surface area contributed by atoms with Crippen LogP contribution in [0.2, 0.25) is 5.02 Å². The first kappa shape index (κ1) is 17.3. The zero-order chi connectivity index (χ0) is 15.4. The largest absolute Gasteiger partial charge is 0.329 e. The minimum Gasteiger partial charge on any atom is -0.329 e. The maximum absolute atomic E-state index is 6.10. The van der Waals surface area contributed by atoms with Crippen LogP contribution in [-0.2, 0) is 0 Å². The van der Waals surface area contributed by atoms with Crippen LogP contribution in [0.1, 0.15) is 44.7 Å². The number of hydrogen-bond donors (Lipinski definition) is 1. The lowest BCUT2D eigenvalue weighted by Gasteiger charge is -2.30. The fourth-order valence-corrected chi connectivity index (χ4v) is 3.85. The number of likely N-dealkylation sites (tertiary alicyclic amines) is 1. The molecule has 0 saturated carbocycles.